The Labute approximate surface area is 93.6 Å². The Kier molecular flexibility index (Phi) is 6.85. The highest BCUT2D eigenvalue weighted by molar-refractivity contribution is 7.85. The van der Waals surface area contributed by atoms with Crippen molar-refractivity contribution < 1.29 is 12.6 Å². The minimum absolute atomic E-state index is 0.300. The zero-order chi connectivity index (χ0) is 11.9. The third kappa shape index (κ3) is 11.6. The quantitative estimate of drug-likeness (QED) is 0.502. The molecule has 0 aromatic heterocycles. The van der Waals surface area contributed by atoms with Gasteiger partial charge in [-0.15, -0.1) is 0 Å². The van der Waals surface area contributed by atoms with Crippen molar-refractivity contribution in [1.82, 2.24) is 0 Å². The normalized spacial score (nSPS) is 13.6. The van der Waals surface area contributed by atoms with Crippen molar-refractivity contribution >= 4 is 10.1 Å². The van der Waals surface area contributed by atoms with E-state index in [0.717, 1.165) is 25.5 Å². The fourth-order valence-electron chi connectivity index (χ4n) is 1.20. The first-order valence-corrected chi connectivity index (χ1v) is 7.10. The van der Waals surface area contributed by atoms with Gasteiger partial charge in [0.25, 0.3) is 10.1 Å². The molecule has 90 valence electrons. The molecule has 1 atom stereocenters. The van der Waals surface area contributed by atoms with E-state index >= 15 is 0 Å². The molecule has 0 spiro atoms. The predicted molar refractivity (Wildman–Crippen MR) is 63.2 cm³/mol. The Hall–Kier alpha value is -0.350. The lowest BCUT2D eigenvalue weighted by Gasteiger charge is -2.09. The fourth-order valence-corrected chi connectivity index (χ4v) is 1.60. The van der Waals surface area contributed by atoms with Crippen LogP contribution in [0.2, 0.25) is 0 Å². The van der Waals surface area contributed by atoms with E-state index in [9.17, 15) is 8.42 Å². The van der Waals surface area contributed by atoms with Gasteiger partial charge < -0.3 is 0 Å². The first kappa shape index (κ1) is 14.6. The molecule has 0 N–H and O–H groups in total. The molecule has 0 fully saturated rings. The average molecular weight is 234 g/mol. The van der Waals surface area contributed by atoms with Crippen LogP contribution in [-0.4, -0.2) is 21.3 Å². The summed E-state index contributed by atoms with van der Waals surface area (Å²) in [6, 6.07) is 0. The van der Waals surface area contributed by atoms with E-state index in [1.54, 1.807) is 0 Å². The summed E-state index contributed by atoms with van der Waals surface area (Å²) >= 11 is 0. The molecule has 15 heavy (non-hydrogen) atoms. The number of allylic oxidation sites excluding steroid dienone is 2. The van der Waals surface area contributed by atoms with Crippen LogP contribution < -0.4 is 0 Å². The highest BCUT2D eigenvalue weighted by atomic mass is 32.2. The molecule has 0 rings (SSSR count). The third-order valence-electron chi connectivity index (χ3n) is 2.12. The van der Waals surface area contributed by atoms with Gasteiger partial charge >= 0.3 is 0 Å². The molecular weight excluding hydrogens is 212 g/mol. The Bertz CT molecular complexity index is 287. The molecule has 0 aromatic carbocycles. The molecule has 4 heteroatoms. The molecular formula is C11H22O3S. The second kappa shape index (κ2) is 7.01. The minimum atomic E-state index is -3.27. The van der Waals surface area contributed by atoms with Crippen LogP contribution in [0.4, 0.5) is 0 Å². The summed E-state index contributed by atoms with van der Waals surface area (Å²) in [4.78, 5) is 0. The molecule has 0 heterocycles. The van der Waals surface area contributed by atoms with Gasteiger partial charge in [-0.25, -0.2) is 0 Å². The van der Waals surface area contributed by atoms with E-state index in [-0.39, 0.29) is 0 Å². The summed E-state index contributed by atoms with van der Waals surface area (Å²) in [5.74, 6) is 0.502. The molecule has 0 amide bonds. The van der Waals surface area contributed by atoms with Crippen LogP contribution in [0, 0.1) is 5.92 Å². The van der Waals surface area contributed by atoms with Crippen molar-refractivity contribution in [3.8, 4) is 0 Å². The van der Waals surface area contributed by atoms with E-state index in [1.165, 1.54) is 5.57 Å². The SMILES string of the molecule is CC(C)=CCC[C@H](C)CCOS(C)(=O)=O. The standard InChI is InChI=1S/C11H22O3S/c1-10(2)6-5-7-11(3)8-9-14-15(4,12)13/h6,11H,5,7-9H2,1-4H3/t11-/m0/s1. The van der Waals surface area contributed by atoms with Gasteiger partial charge in [-0.1, -0.05) is 18.6 Å². The number of hydrogen-bond donors (Lipinski definition) is 0. The van der Waals surface area contributed by atoms with Gasteiger partial charge in [0, 0.05) is 0 Å². The third-order valence-corrected chi connectivity index (χ3v) is 2.71. The highest BCUT2D eigenvalue weighted by Crippen LogP contribution is 2.12. The van der Waals surface area contributed by atoms with Crippen LogP contribution in [0.25, 0.3) is 0 Å². The van der Waals surface area contributed by atoms with E-state index in [2.05, 4.69) is 31.0 Å². The summed E-state index contributed by atoms with van der Waals surface area (Å²) < 4.78 is 26.1. The lowest BCUT2D eigenvalue weighted by Crippen LogP contribution is -2.07. The molecule has 0 saturated heterocycles. The van der Waals surface area contributed by atoms with Crippen molar-refractivity contribution in [3.63, 3.8) is 0 Å². The van der Waals surface area contributed by atoms with Gasteiger partial charge in [0.1, 0.15) is 0 Å². The topological polar surface area (TPSA) is 43.4 Å². The van der Waals surface area contributed by atoms with E-state index in [4.69, 9.17) is 0 Å². The summed E-state index contributed by atoms with van der Waals surface area (Å²) in [6.45, 7) is 6.58. The van der Waals surface area contributed by atoms with Gasteiger partial charge in [-0.3, -0.25) is 4.18 Å². The lowest BCUT2D eigenvalue weighted by atomic mass is 10.0. The lowest BCUT2D eigenvalue weighted by molar-refractivity contribution is 0.286. The Morgan fingerprint density at radius 1 is 1.33 bits per heavy atom. The summed E-state index contributed by atoms with van der Waals surface area (Å²) in [6.07, 6.45) is 6.22. The number of hydrogen-bond acceptors (Lipinski definition) is 3. The molecule has 0 radical (unpaired) electrons. The van der Waals surface area contributed by atoms with Crippen LogP contribution in [0.3, 0.4) is 0 Å². The van der Waals surface area contributed by atoms with Crippen LogP contribution in [-0.2, 0) is 14.3 Å². The second-order valence-corrected chi connectivity index (χ2v) is 5.92. The Morgan fingerprint density at radius 3 is 2.40 bits per heavy atom. The molecule has 0 aliphatic carbocycles. The van der Waals surface area contributed by atoms with E-state index < -0.39 is 10.1 Å². The molecule has 0 aromatic rings. The molecule has 3 nitrogen and oxygen atoms in total. The van der Waals surface area contributed by atoms with Crippen LogP contribution >= 0.6 is 0 Å². The summed E-state index contributed by atoms with van der Waals surface area (Å²) in [7, 11) is -3.27. The predicted octanol–water partition coefficient (Wildman–Crippen LogP) is 2.74. The van der Waals surface area contributed by atoms with Crippen molar-refractivity contribution in [2.24, 2.45) is 5.92 Å². The van der Waals surface area contributed by atoms with Crippen molar-refractivity contribution in [2.75, 3.05) is 12.9 Å². The maximum atomic E-state index is 10.7. The van der Waals surface area contributed by atoms with Crippen molar-refractivity contribution in [1.29, 1.82) is 0 Å². The fraction of sp³-hybridized carbons (Fsp3) is 0.818. The van der Waals surface area contributed by atoms with Gasteiger partial charge in [0.2, 0.25) is 0 Å². The summed E-state index contributed by atoms with van der Waals surface area (Å²) in [5, 5.41) is 0. The molecule has 0 aliphatic rings. The zero-order valence-corrected chi connectivity index (χ0v) is 10.9. The van der Waals surface area contributed by atoms with E-state index in [0.29, 0.717) is 12.5 Å². The van der Waals surface area contributed by atoms with Crippen LogP contribution in [0.5, 0.6) is 0 Å². The first-order valence-electron chi connectivity index (χ1n) is 5.29. The van der Waals surface area contributed by atoms with Crippen LogP contribution in [0.15, 0.2) is 11.6 Å². The maximum absolute atomic E-state index is 10.7. The second-order valence-electron chi connectivity index (χ2n) is 4.28. The highest BCUT2D eigenvalue weighted by Gasteiger charge is 2.05. The van der Waals surface area contributed by atoms with Gasteiger partial charge in [-0.2, -0.15) is 8.42 Å². The van der Waals surface area contributed by atoms with E-state index in [1.807, 2.05) is 0 Å². The summed E-state index contributed by atoms with van der Waals surface area (Å²) in [5.41, 5.74) is 1.33. The minimum Gasteiger partial charge on any atom is -0.270 e. The smallest absolute Gasteiger partial charge is 0.264 e. The first-order chi connectivity index (χ1) is 6.81. The van der Waals surface area contributed by atoms with Crippen LogP contribution in [0.1, 0.15) is 40.0 Å². The average Bonchev–Trinajstić information content (AvgIpc) is 2.00. The Balaban J connectivity index is 3.58. The molecule has 0 aliphatic heterocycles. The van der Waals surface area contributed by atoms with Crippen molar-refractivity contribution in [2.45, 2.75) is 40.0 Å². The maximum Gasteiger partial charge on any atom is 0.264 e. The van der Waals surface area contributed by atoms with Gasteiger partial charge in [0.05, 0.1) is 12.9 Å². The molecule has 0 unspecified atom stereocenters. The van der Waals surface area contributed by atoms with Crippen molar-refractivity contribution in [3.05, 3.63) is 11.6 Å². The monoisotopic (exact) mass is 234 g/mol. The zero-order valence-electron chi connectivity index (χ0n) is 10.1. The Morgan fingerprint density at radius 2 is 1.93 bits per heavy atom. The van der Waals surface area contributed by atoms with Gasteiger partial charge in [-0.05, 0) is 39.0 Å². The molecule has 0 bridgehead atoms. The molecule has 0 saturated carbocycles. The number of rotatable bonds is 7. The van der Waals surface area contributed by atoms with Gasteiger partial charge in [0.15, 0.2) is 0 Å². The largest absolute Gasteiger partial charge is 0.270 e.